The third kappa shape index (κ3) is 3.09. The van der Waals surface area contributed by atoms with Crippen molar-refractivity contribution in [1.29, 1.82) is 0 Å². The molecule has 0 amide bonds. The SMILES string of the molecule is O=C(O)CSc1nnnn1-c1cc(Br)ccc1Br. The highest BCUT2D eigenvalue weighted by atomic mass is 79.9. The minimum absolute atomic E-state index is 0.0913. The molecule has 0 radical (unpaired) electrons. The Hall–Kier alpha value is -0.930. The van der Waals surface area contributed by atoms with Crippen molar-refractivity contribution in [3.8, 4) is 5.69 Å². The van der Waals surface area contributed by atoms with Crippen LogP contribution in [0.25, 0.3) is 5.69 Å². The van der Waals surface area contributed by atoms with Gasteiger partial charge in [0.2, 0.25) is 5.16 Å². The molecule has 0 spiro atoms. The zero-order valence-corrected chi connectivity index (χ0v) is 12.7. The zero-order chi connectivity index (χ0) is 13.1. The maximum atomic E-state index is 10.5. The van der Waals surface area contributed by atoms with Gasteiger partial charge in [-0.25, -0.2) is 0 Å². The summed E-state index contributed by atoms with van der Waals surface area (Å²) < 4.78 is 3.18. The number of nitrogens with zero attached hydrogens (tertiary/aromatic N) is 4. The van der Waals surface area contributed by atoms with Gasteiger partial charge in [-0.15, -0.1) is 5.10 Å². The second kappa shape index (κ2) is 5.81. The van der Waals surface area contributed by atoms with Crippen molar-refractivity contribution < 1.29 is 9.90 Å². The van der Waals surface area contributed by atoms with Gasteiger partial charge in [0, 0.05) is 8.95 Å². The van der Waals surface area contributed by atoms with E-state index >= 15 is 0 Å². The molecule has 9 heteroatoms. The molecule has 1 N–H and O–H groups in total. The summed E-state index contributed by atoms with van der Waals surface area (Å²) in [6, 6.07) is 5.57. The van der Waals surface area contributed by atoms with Gasteiger partial charge < -0.3 is 5.11 Å². The van der Waals surface area contributed by atoms with Crippen molar-refractivity contribution in [2.24, 2.45) is 0 Å². The predicted octanol–water partition coefficient (Wildman–Crippen LogP) is 2.36. The van der Waals surface area contributed by atoms with Crippen LogP contribution in [-0.2, 0) is 4.79 Å². The maximum absolute atomic E-state index is 10.5. The van der Waals surface area contributed by atoms with Crippen molar-refractivity contribution in [2.75, 3.05) is 5.75 Å². The number of benzene rings is 1. The molecule has 18 heavy (non-hydrogen) atoms. The van der Waals surface area contributed by atoms with Crippen LogP contribution >= 0.6 is 43.6 Å². The van der Waals surface area contributed by atoms with E-state index in [0.717, 1.165) is 26.4 Å². The predicted molar refractivity (Wildman–Crippen MR) is 72.9 cm³/mol. The Kier molecular flexibility index (Phi) is 4.36. The van der Waals surface area contributed by atoms with Crippen LogP contribution in [0.1, 0.15) is 0 Å². The van der Waals surface area contributed by atoms with Crippen molar-refractivity contribution in [3.63, 3.8) is 0 Å². The van der Waals surface area contributed by atoms with Crippen LogP contribution in [-0.4, -0.2) is 37.0 Å². The molecule has 0 unspecified atom stereocenters. The highest BCUT2D eigenvalue weighted by Gasteiger charge is 2.13. The van der Waals surface area contributed by atoms with E-state index in [0.29, 0.717) is 5.16 Å². The van der Waals surface area contributed by atoms with E-state index in [1.165, 1.54) is 4.68 Å². The van der Waals surface area contributed by atoms with Gasteiger partial charge in [0.05, 0.1) is 11.4 Å². The molecule has 0 aliphatic heterocycles. The van der Waals surface area contributed by atoms with E-state index in [-0.39, 0.29) is 5.75 Å². The molecule has 0 aliphatic rings. The number of halogens is 2. The second-order valence-electron chi connectivity index (χ2n) is 3.15. The molecule has 0 bridgehead atoms. The van der Waals surface area contributed by atoms with Gasteiger partial charge in [0.1, 0.15) is 0 Å². The van der Waals surface area contributed by atoms with E-state index in [9.17, 15) is 4.79 Å². The number of thioether (sulfide) groups is 1. The van der Waals surface area contributed by atoms with Gasteiger partial charge in [-0.3, -0.25) is 4.79 Å². The molecule has 0 atom stereocenters. The molecule has 1 heterocycles. The Balaban J connectivity index is 2.36. The van der Waals surface area contributed by atoms with Gasteiger partial charge >= 0.3 is 5.97 Å². The third-order valence-corrected chi connectivity index (χ3v) is 3.97. The monoisotopic (exact) mass is 392 g/mol. The van der Waals surface area contributed by atoms with Crippen LogP contribution in [0.3, 0.4) is 0 Å². The number of hydrogen-bond donors (Lipinski definition) is 1. The topological polar surface area (TPSA) is 80.9 Å². The summed E-state index contributed by atoms with van der Waals surface area (Å²) in [5, 5.41) is 20.3. The van der Waals surface area contributed by atoms with E-state index in [1.807, 2.05) is 18.2 Å². The number of carboxylic acids is 1. The Labute approximate surface area is 123 Å². The van der Waals surface area contributed by atoms with Gasteiger partial charge in [-0.05, 0) is 44.6 Å². The van der Waals surface area contributed by atoms with Crippen molar-refractivity contribution >= 4 is 49.6 Å². The lowest BCUT2D eigenvalue weighted by Gasteiger charge is -2.06. The summed E-state index contributed by atoms with van der Waals surface area (Å²) in [7, 11) is 0. The van der Waals surface area contributed by atoms with E-state index in [4.69, 9.17) is 5.11 Å². The number of carbonyl (C=O) groups is 1. The zero-order valence-electron chi connectivity index (χ0n) is 8.75. The molecular weight excluding hydrogens is 388 g/mol. The first-order chi connectivity index (χ1) is 8.58. The highest BCUT2D eigenvalue weighted by molar-refractivity contribution is 9.11. The average molecular weight is 394 g/mol. The fourth-order valence-electron chi connectivity index (χ4n) is 1.19. The molecule has 94 valence electrons. The van der Waals surface area contributed by atoms with Crippen LogP contribution in [0.5, 0.6) is 0 Å². The Bertz CT molecular complexity index is 590. The van der Waals surface area contributed by atoms with Crippen molar-refractivity contribution in [2.45, 2.75) is 5.16 Å². The molecule has 1 aromatic carbocycles. The van der Waals surface area contributed by atoms with Gasteiger partial charge in [-0.2, -0.15) is 4.68 Å². The van der Waals surface area contributed by atoms with Crippen LogP contribution in [0.2, 0.25) is 0 Å². The van der Waals surface area contributed by atoms with Gasteiger partial charge in [-0.1, -0.05) is 27.7 Å². The van der Waals surface area contributed by atoms with Crippen molar-refractivity contribution in [1.82, 2.24) is 20.2 Å². The second-order valence-corrected chi connectivity index (χ2v) is 5.86. The molecule has 6 nitrogen and oxygen atoms in total. The smallest absolute Gasteiger partial charge is 0.313 e. The fraction of sp³-hybridized carbons (Fsp3) is 0.111. The number of aromatic nitrogens is 4. The quantitative estimate of drug-likeness (QED) is 0.803. The summed E-state index contributed by atoms with van der Waals surface area (Å²) in [5.74, 6) is -1.01. The summed E-state index contributed by atoms with van der Waals surface area (Å²) in [5.41, 5.74) is 0.738. The first kappa shape index (κ1) is 13.5. The lowest BCUT2D eigenvalue weighted by atomic mass is 10.3. The van der Waals surface area contributed by atoms with Crippen LogP contribution in [0.15, 0.2) is 32.3 Å². The summed E-state index contributed by atoms with van der Waals surface area (Å²) in [4.78, 5) is 10.5. The summed E-state index contributed by atoms with van der Waals surface area (Å²) >= 11 is 7.83. The van der Waals surface area contributed by atoms with Crippen LogP contribution in [0, 0.1) is 0 Å². The Morgan fingerprint density at radius 1 is 1.44 bits per heavy atom. The minimum atomic E-state index is -0.914. The standard InChI is InChI=1S/C9H6Br2N4O2S/c10-5-1-2-6(11)7(3-5)15-9(12-13-14-15)18-4-8(16)17/h1-3H,4H2,(H,16,17). The molecule has 1 aromatic heterocycles. The number of rotatable bonds is 4. The molecule has 0 saturated heterocycles. The molecule has 0 fully saturated rings. The lowest BCUT2D eigenvalue weighted by molar-refractivity contribution is -0.133. The van der Waals surface area contributed by atoms with E-state index < -0.39 is 5.97 Å². The number of carboxylic acid groups (broad SMARTS) is 1. The molecule has 2 aromatic rings. The highest BCUT2D eigenvalue weighted by Crippen LogP contribution is 2.27. The fourth-order valence-corrected chi connectivity index (χ4v) is 2.56. The number of hydrogen-bond acceptors (Lipinski definition) is 5. The largest absolute Gasteiger partial charge is 0.481 e. The number of tetrazole rings is 1. The Morgan fingerprint density at radius 3 is 2.94 bits per heavy atom. The molecule has 0 aliphatic carbocycles. The van der Waals surface area contributed by atoms with Crippen molar-refractivity contribution in [3.05, 3.63) is 27.1 Å². The van der Waals surface area contributed by atoms with E-state index in [2.05, 4.69) is 47.4 Å². The normalized spacial score (nSPS) is 10.6. The summed E-state index contributed by atoms with van der Waals surface area (Å²) in [6.07, 6.45) is 0. The molecule has 0 saturated carbocycles. The maximum Gasteiger partial charge on any atom is 0.313 e. The van der Waals surface area contributed by atoms with Gasteiger partial charge in [0.15, 0.2) is 0 Å². The number of aliphatic carboxylic acids is 1. The molecular formula is C9H6Br2N4O2S. The van der Waals surface area contributed by atoms with Gasteiger partial charge in [0.25, 0.3) is 0 Å². The molecule has 2 rings (SSSR count). The van der Waals surface area contributed by atoms with Crippen LogP contribution in [0.4, 0.5) is 0 Å². The lowest BCUT2D eigenvalue weighted by Crippen LogP contribution is -2.03. The Morgan fingerprint density at radius 2 is 2.22 bits per heavy atom. The third-order valence-electron chi connectivity index (χ3n) is 1.90. The van der Waals surface area contributed by atoms with E-state index in [1.54, 1.807) is 0 Å². The first-order valence-electron chi connectivity index (χ1n) is 4.66. The average Bonchev–Trinajstić information content (AvgIpc) is 2.77. The first-order valence-corrected chi connectivity index (χ1v) is 7.23. The minimum Gasteiger partial charge on any atom is -0.481 e. The summed E-state index contributed by atoms with van der Waals surface area (Å²) in [6.45, 7) is 0. The van der Waals surface area contributed by atoms with Crippen LogP contribution < -0.4 is 0 Å².